The number of nitrogens with one attached hydrogen (secondary N) is 2. The molecule has 3 aromatic rings. The van der Waals surface area contributed by atoms with E-state index in [9.17, 15) is 0 Å². The van der Waals surface area contributed by atoms with E-state index in [2.05, 4.69) is 37.4 Å². The number of aromatic amines is 1. The predicted octanol–water partition coefficient (Wildman–Crippen LogP) is 2.25. The van der Waals surface area contributed by atoms with Gasteiger partial charge in [-0.2, -0.15) is 10.1 Å². The lowest BCUT2D eigenvalue weighted by molar-refractivity contribution is 0.413. The SMILES string of the molecule is CCCNc1nc(-c2cncc(OC)c2)c2cn[nH]c2n1. The summed E-state index contributed by atoms with van der Waals surface area (Å²) in [6.07, 6.45) is 6.13. The van der Waals surface area contributed by atoms with E-state index < -0.39 is 0 Å². The van der Waals surface area contributed by atoms with Crippen molar-refractivity contribution in [1.29, 1.82) is 0 Å². The van der Waals surface area contributed by atoms with Gasteiger partial charge in [-0.25, -0.2) is 4.98 Å². The molecule has 0 aliphatic heterocycles. The van der Waals surface area contributed by atoms with E-state index in [1.165, 1.54) is 0 Å². The van der Waals surface area contributed by atoms with Crippen LogP contribution in [0.4, 0.5) is 5.95 Å². The Hall–Kier alpha value is -2.70. The number of ether oxygens (including phenoxy) is 1. The van der Waals surface area contributed by atoms with Gasteiger partial charge in [-0.05, 0) is 12.5 Å². The zero-order valence-electron chi connectivity index (χ0n) is 11.9. The fraction of sp³-hybridized carbons (Fsp3) is 0.286. The minimum atomic E-state index is 0.575. The third-order valence-electron chi connectivity index (χ3n) is 3.07. The molecule has 0 saturated carbocycles. The summed E-state index contributed by atoms with van der Waals surface area (Å²) in [4.78, 5) is 13.2. The Labute approximate surface area is 121 Å². The summed E-state index contributed by atoms with van der Waals surface area (Å²) in [6, 6.07) is 1.89. The first kappa shape index (κ1) is 13.3. The van der Waals surface area contributed by atoms with Gasteiger partial charge in [0.2, 0.25) is 5.95 Å². The zero-order chi connectivity index (χ0) is 14.7. The van der Waals surface area contributed by atoms with Crippen molar-refractivity contribution in [2.45, 2.75) is 13.3 Å². The van der Waals surface area contributed by atoms with Crippen LogP contribution in [0.2, 0.25) is 0 Å². The largest absolute Gasteiger partial charge is 0.495 e. The molecular formula is C14H16N6O. The fourth-order valence-corrected chi connectivity index (χ4v) is 2.03. The van der Waals surface area contributed by atoms with Crippen LogP contribution in [-0.2, 0) is 0 Å². The Kier molecular flexibility index (Phi) is 3.63. The molecule has 108 valence electrons. The number of pyridine rings is 1. The maximum absolute atomic E-state index is 5.22. The van der Waals surface area contributed by atoms with E-state index in [1.54, 1.807) is 25.7 Å². The number of methoxy groups -OCH3 is 1. The molecule has 3 rings (SSSR count). The second kappa shape index (κ2) is 5.74. The molecule has 21 heavy (non-hydrogen) atoms. The van der Waals surface area contributed by atoms with Crippen molar-refractivity contribution in [2.24, 2.45) is 0 Å². The van der Waals surface area contributed by atoms with Crippen molar-refractivity contribution >= 4 is 17.0 Å². The van der Waals surface area contributed by atoms with Gasteiger partial charge in [-0.3, -0.25) is 10.1 Å². The minimum absolute atomic E-state index is 0.575. The van der Waals surface area contributed by atoms with Crippen LogP contribution in [0.1, 0.15) is 13.3 Å². The normalized spacial score (nSPS) is 10.8. The van der Waals surface area contributed by atoms with Crippen molar-refractivity contribution < 1.29 is 4.74 Å². The molecule has 0 bridgehead atoms. The summed E-state index contributed by atoms with van der Waals surface area (Å²) in [6.45, 7) is 2.91. The molecule has 0 fully saturated rings. The van der Waals surface area contributed by atoms with Crippen LogP contribution in [0.5, 0.6) is 5.75 Å². The highest BCUT2D eigenvalue weighted by Crippen LogP contribution is 2.27. The van der Waals surface area contributed by atoms with Gasteiger partial charge in [0.15, 0.2) is 5.65 Å². The average Bonchev–Trinajstić information content (AvgIpc) is 3.00. The molecule has 0 aromatic carbocycles. The third kappa shape index (κ3) is 2.62. The topological polar surface area (TPSA) is 88.6 Å². The minimum Gasteiger partial charge on any atom is -0.495 e. The molecule has 0 radical (unpaired) electrons. The van der Waals surface area contributed by atoms with Gasteiger partial charge in [0, 0.05) is 18.3 Å². The zero-order valence-corrected chi connectivity index (χ0v) is 11.9. The number of H-pyrrole nitrogens is 1. The molecule has 7 heteroatoms. The Morgan fingerprint density at radius 3 is 2.95 bits per heavy atom. The molecule has 2 N–H and O–H groups in total. The van der Waals surface area contributed by atoms with Gasteiger partial charge in [-0.15, -0.1) is 0 Å². The van der Waals surface area contributed by atoms with Crippen molar-refractivity contribution in [3.63, 3.8) is 0 Å². The number of hydrogen-bond donors (Lipinski definition) is 2. The Bertz CT molecular complexity index is 754. The van der Waals surface area contributed by atoms with Crippen LogP contribution in [0.25, 0.3) is 22.3 Å². The smallest absolute Gasteiger partial charge is 0.225 e. The monoisotopic (exact) mass is 284 g/mol. The van der Waals surface area contributed by atoms with E-state index >= 15 is 0 Å². The number of rotatable bonds is 5. The van der Waals surface area contributed by atoms with E-state index in [1.807, 2.05) is 6.07 Å². The Balaban J connectivity index is 2.12. The number of aromatic nitrogens is 5. The van der Waals surface area contributed by atoms with Crippen LogP contribution in [0.15, 0.2) is 24.7 Å². The molecular weight excluding hydrogens is 268 g/mol. The first-order chi connectivity index (χ1) is 10.3. The number of nitrogens with zero attached hydrogens (tertiary/aromatic N) is 4. The molecule has 7 nitrogen and oxygen atoms in total. The van der Waals surface area contributed by atoms with Crippen molar-refractivity contribution in [3.8, 4) is 17.0 Å². The number of anilines is 1. The van der Waals surface area contributed by atoms with Crippen molar-refractivity contribution in [1.82, 2.24) is 25.1 Å². The molecule has 3 aromatic heterocycles. The predicted molar refractivity (Wildman–Crippen MR) is 80.2 cm³/mol. The molecule has 0 aliphatic carbocycles. The third-order valence-corrected chi connectivity index (χ3v) is 3.07. The average molecular weight is 284 g/mol. The summed E-state index contributed by atoms with van der Waals surface area (Å²) in [5, 5.41) is 11.0. The van der Waals surface area contributed by atoms with Gasteiger partial charge in [0.1, 0.15) is 5.75 Å². The van der Waals surface area contributed by atoms with Gasteiger partial charge in [0.05, 0.1) is 30.6 Å². The summed E-state index contributed by atoms with van der Waals surface area (Å²) in [7, 11) is 1.61. The van der Waals surface area contributed by atoms with Crippen LogP contribution in [0, 0.1) is 0 Å². The lowest BCUT2D eigenvalue weighted by atomic mass is 10.1. The number of fused-ring (bicyclic) bond motifs is 1. The molecule has 0 unspecified atom stereocenters. The number of hydrogen-bond acceptors (Lipinski definition) is 6. The second-order valence-corrected chi connectivity index (χ2v) is 4.57. The van der Waals surface area contributed by atoms with Crippen LogP contribution < -0.4 is 10.1 Å². The molecule has 3 heterocycles. The van der Waals surface area contributed by atoms with Crippen LogP contribution >= 0.6 is 0 Å². The highest BCUT2D eigenvalue weighted by molar-refractivity contribution is 5.90. The van der Waals surface area contributed by atoms with E-state index in [4.69, 9.17) is 4.74 Å². The highest BCUT2D eigenvalue weighted by Gasteiger charge is 2.12. The summed E-state index contributed by atoms with van der Waals surface area (Å²) in [5.74, 6) is 1.26. The van der Waals surface area contributed by atoms with Gasteiger partial charge in [0.25, 0.3) is 0 Å². The quantitative estimate of drug-likeness (QED) is 0.747. The summed E-state index contributed by atoms with van der Waals surface area (Å²) < 4.78 is 5.22. The van der Waals surface area contributed by atoms with Crippen molar-refractivity contribution in [3.05, 3.63) is 24.7 Å². The van der Waals surface area contributed by atoms with Gasteiger partial charge in [-0.1, -0.05) is 6.92 Å². The Morgan fingerprint density at radius 1 is 1.24 bits per heavy atom. The Morgan fingerprint density at radius 2 is 2.14 bits per heavy atom. The summed E-state index contributed by atoms with van der Waals surface area (Å²) in [5.41, 5.74) is 2.34. The standard InChI is InChI=1S/C14H16N6O/c1-3-4-16-14-18-12(11-8-17-20-13(11)19-14)9-5-10(21-2)7-15-6-9/h5-8H,3-4H2,1-2H3,(H2,16,17,18,19,20). The molecule has 0 atom stereocenters. The first-order valence-electron chi connectivity index (χ1n) is 6.76. The second-order valence-electron chi connectivity index (χ2n) is 4.57. The summed E-state index contributed by atoms with van der Waals surface area (Å²) >= 11 is 0. The maximum atomic E-state index is 5.22. The van der Waals surface area contributed by atoms with E-state index in [0.717, 1.165) is 29.6 Å². The maximum Gasteiger partial charge on any atom is 0.225 e. The van der Waals surface area contributed by atoms with Gasteiger partial charge < -0.3 is 10.1 Å². The molecule has 0 aliphatic rings. The molecule has 0 amide bonds. The van der Waals surface area contributed by atoms with Crippen LogP contribution in [0.3, 0.4) is 0 Å². The molecule has 0 spiro atoms. The van der Waals surface area contributed by atoms with Crippen LogP contribution in [-0.4, -0.2) is 38.8 Å². The van der Waals surface area contributed by atoms with Crippen molar-refractivity contribution in [2.75, 3.05) is 19.0 Å². The fourth-order valence-electron chi connectivity index (χ4n) is 2.03. The lowest BCUT2D eigenvalue weighted by Gasteiger charge is -2.08. The van der Waals surface area contributed by atoms with E-state index in [-0.39, 0.29) is 0 Å². The highest BCUT2D eigenvalue weighted by atomic mass is 16.5. The first-order valence-corrected chi connectivity index (χ1v) is 6.76. The lowest BCUT2D eigenvalue weighted by Crippen LogP contribution is -2.05. The van der Waals surface area contributed by atoms with Gasteiger partial charge >= 0.3 is 0 Å². The van der Waals surface area contributed by atoms with E-state index in [0.29, 0.717) is 17.3 Å². The molecule has 0 saturated heterocycles.